The average molecular weight is 299 g/mol. The Bertz CT molecular complexity index is 374. The predicted molar refractivity (Wildman–Crippen MR) is 73.6 cm³/mol. The molecule has 1 aromatic rings. The lowest BCUT2D eigenvalue weighted by Gasteiger charge is -2.08. The third-order valence-corrected chi connectivity index (χ3v) is 3.20. The van der Waals surface area contributed by atoms with Crippen LogP contribution in [0.1, 0.15) is 30.0 Å². The second-order valence-corrected chi connectivity index (χ2v) is 4.83. The molecule has 17 heavy (non-hydrogen) atoms. The van der Waals surface area contributed by atoms with Crippen molar-refractivity contribution in [3.63, 3.8) is 0 Å². The van der Waals surface area contributed by atoms with Crippen molar-refractivity contribution in [3.05, 3.63) is 34.9 Å². The topological polar surface area (TPSA) is 26.3 Å². The molecular weight excluding hydrogens is 280 g/mol. The minimum Gasteiger partial charge on any atom is -0.466 e. The summed E-state index contributed by atoms with van der Waals surface area (Å²) in [5.41, 5.74) is 3.65. The molecule has 3 heteroatoms. The Morgan fingerprint density at radius 1 is 1.41 bits per heavy atom. The highest BCUT2D eigenvalue weighted by Crippen LogP contribution is 2.14. The molecule has 94 valence electrons. The van der Waals surface area contributed by atoms with E-state index in [1.54, 1.807) is 0 Å². The van der Waals surface area contributed by atoms with E-state index in [0.717, 1.165) is 23.7 Å². The minimum atomic E-state index is -0.153. The molecule has 0 N–H and O–H groups in total. The van der Waals surface area contributed by atoms with Crippen molar-refractivity contribution in [1.82, 2.24) is 0 Å². The molecule has 0 bridgehead atoms. The van der Waals surface area contributed by atoms with Gasteiger partial charge in [-0.15, -0.1) is 0 Å². The first-order valence-electron chi connectivity index (χ1n) is 5.97. The van der Waals surface area contributed by atoms with Gasteiger partial charge in [-0.1, -0.05) is 34.1 Å². The van der Waals surface area contributed by atoms with Crippen LogP contribution in [0.15, 0.2) is 18.2 Å². The van der Waals surface area contributed by atoms with Gasteiger partial charge in [0.1, 0.15) is 0 Å². The molecule has 0 aromatic heterocycles. The summed E-state index contributed by atoms with van der Waals surface area (Å²) in [4.78, 5) is 11.4. The molecule has 0 saturated heterocycles. The maximum absolute atomic E-state index is 11.4. The summed E-state index contributed by atoms with van der Waals surface area (Å²) in [7, 11) is 0. The van der Waals surface area contributed by atoms with E-state index in [2.05, 4.69) is 35.0 Å². The van der Waals surface area contributed by atoms with Crippen molar-refractivity contribution >= 4 is 21.9 Å². The number of ether oxygens (including phenoxy) is 1. The van der Waals surface area contributed by atoms with Gasteiger partial charge < -0.3 is 4.74 Å². The number of alkyl halides is 1. The summed E-state index contributed by atoms with van der Waals surface area (Å²) >= 11 is 3.43. The fraction of sp³-hybridized carbons (Fsp3) is 0.500. The third kappa shape index (κ3) is 4.90. The normalized spacial score (nSPS) is 10.3. The van der Waals surface area contributed by atoms with E-state index >= 15 is 0 Å². The maximum Gasteiger partial charge on any atom is 0.310 e. The molecule has 0 heterocycles. The Labute approximate surface area is 111 Å². The van der Waals surface area contributed by atoms with Crippen molar-refractivity contribution in [1.29, 1.82) is 0 Å². The first-order chi connectivity index (χ1) is 8.17. The number of esters is 1. The van der Waals surface area contributed by atoms with Gasteiger partial charge in [-0.3, -0.25) is 4.79 Å². The summed E-state index contributed by atoms with van der Waals surface area (Å²) in [5.74, 6) is -0.153. The molecule has 0 fully saturated rings. The number of rotatable bonds is 6. The number of benzene rings is 1. The number of hydrogen-bond donors (Lipinski definition) is 0. The van der Waals surface area contributed by atoms with Gasteiger partial charge in [0.05, 0.1) is 13.0 Å². The van der Waals surface area contributed by atoms with E-state index in [9.17, 15) is 4.79 Å². The lowest BCUT2D eigenvalue weighted by molar-refractivity contribution is -0.142. The second kappa shape index (κ2) is 7.49. The van der Waals surface area contributed by atoms with Crippen LogP contribution in [-0.4, -0.2) is 17.9 Å². The van der Waals surface area contributed by atoms with E-state index in [1.165, 1.54) is 11.1 Å². The van der Waals surface area contributed by atoms with E-state index in [1.807, 2.05) is 13.0 Å². The molecule has 0 atom stereocenters. The largest absolute Gasteiger partial charge is 0.466 e. The van der Waals surface area contributed by atoms with Crippen LogP contribution < -0.4 is 0 Å². The molecule has 2 nitrogen and oxygen atoms in total. The highest BCUT2D eigenvalue weighted by molar-refractivity contribution is 9.09. The van der Waals surface area contributed by atoms with Crippen LogP contribution in [0.5, 0.6) is 0 Å². The van der Waals surface area contributed by atoms with Crippen molar-refractivity contribution in [2.24, 2.45) is 0 Å². The van der Waals surface area contributed by atoms with Crippen molar-refractivity contribution < 1.29 is 9.53 Å². The van der Waals surface area contributed by atoms with Crippen molar-refractivity contribution in [3.8, 4) is 0 Å². The van der Waals surface area contributed by atoms with E-state index in [0.29, 0.717) is 13.0 Å². The molecule has 0 radical (unpaired) electrons. The van der Waals surface area contributed by atoms with Crippen LogP contribution in [0.25, 0.3) is 0 Å². The molecule has 0 amide bonds. The SMILES string of the molecule is CCOC(=O)Cc1ccc(CCCBr)c(C)c1. The van der Waals surface area contributed by atoms with E-state index in [-0.39, 0.29) is 5.97 Å². The standard InChI is InChI=1S/C14H19BrO2/c1-3-17-14(16)10-12-6-7-13(5-4-8-15)11(2)9-12/h6-7,9H,3-5,8,10H2,1-2H3. The number of carbonyl (C=O) groups excluding carboxylic acids is 1. The van der Waals surface area contributed by atoms with Gasteiger partial charge in [-0.05, 0) is 43.4 Å². The Hall–Kier alpha value is -0.830. The summed E-state index contributed by atoms with van der Waals surface area (Å²) in [6.07, 6.45) is 2.59. The number of carbonyl (C=O) groups is 1. The summed E-state index contributed by atoms with van der Waals surface area (Å²) in [5, 5.41) is 1.02. The average Bonchev–Trinajstić information content (AvgIpc) is 2.28. The van der Waals surface area contributed by atoms with Crippen LogP contribution in [0.2, 0.25) is 0 Å². The van der Waals surface area contributed by atoms with Crippen molar-refractivity contribution in [2.75, 3.05) is 11.9 Å². The zero-order valence-corrected chi connectivity index (χ0v) is 12.0. The zero-order valence-electron chi connectivity index (χ0n) is 10.5. The van der Waals surface area contributed by atoms with Crippen LogP contribution in [0, 0.1) is 6.92 Å². The van der Waals surface area contributed by atoms with E-state index in [4.69, 9.17) is 4.74 Å². The molecule has 0 aliphatic rings. The van der Waals surface area contributed by atoms with Crippen LogP contribution in [0.4, 0.5) is 0 Å². The molecule has 0 aliphatic heterocycles. The lowest BCUT2D eigenvalue weighted by atomic mass is 10.0. The third-order valence-electron chi connectivity index (χ3n) is 2.64. The second-order valence-electron chi connectivity index (χ2n) is 4.04. The van der Waals surface area contributed by atoms with Gasteiger partial charge in [0.15, 0.2) is 0 Å². The summed E-state index contributed by atoms with van der Waals surface area (Å²) < 4.78 is 4.94. The van der Waals surface area contributed by atoms with Gasteiger partial charge in [0.25, 0.3) is 0 Å². The van der Waals surface area contributed by atoms with Crippen LogP contribution in [-0.2, 0) is 22.4 Å². The first-order valence-corrected chi connectivity index (χ1v) is 7.09. The highest BCUT2D eigenvalue weighted by Gasteiger charge is 2.05. The van der Waals surface area contributed by atoms with Crippen LogP contribution in [0.3, 0.4) is 0 Å². The fourth-order valence-electron chi connectivity index (χ4n) is 1.78. The van der Waals surface area contributed by atoms with E-state index < -0.39 is 0 Å². The first kappa shape index (κ1) is 14.2. The summed E-state index contributed by atoms with van der Waals surface area (Å²) in [6, 6.07) is 6.22. The Balaban J connectivity index is 2.64. The predicted octanol–water partition coefficient (Wildman–Crippen LogP) is 3.43. The molecular formula is C14H19BrO2. The molecule has 0 saturated carbocycles. The monoisotopic (exact) mass is 298 g/mol. The number of hydrogen-bond acceptors (Lipinski definition) is 2. The zero-order chi connectivity index (χ0) is 12.7. The smallest absolute Gasteiger partial charge is 0.310 e. The molecule has 0 aliphatic carbocycles. The fourth-order valence-corrected chi connectivity index (χ4v) is 2.06. The van der Waals surface area contributed by atoms with Gasteiger partial charge in [0.2, 0.25) is 0 Å². The maximum atomic E-state index is 11.4. The Morgan fingerprint density at radius 2 is 2.18 bits per heavy atom. The molecule has 0 unspecified atom stereocenters. The van der Waals surface area contributed by atoms with Gasteiger partial charge >= 0.3 is 5.97 Å². The molecule has 1 rings (SSSR count). The number of halogens is 1. The highest BCUT2D eigenvalue weighted by atomic mass is 79.9. The minimum absolute atomic E-state index is 0.153. The Morgan fingerprint density at radius 3 is 2.76 bits per heavy atom. The molecule has 0 spiro atoms. The quantitative estimate of drug-likeness (QED) is 0.594. The van der Waals surface area contributed by atoms with Gasteiger partial charge in [-0.2, -0.15) is 0 Å². The molecule has 1 aromatic carbocycles. The number of aryl methyl sites for hydroxylation is 2. The van der Waals surface area contributed by atoms with Gasteiger partial charge in [-0.25, -0.2) is 0 Å². The van der Waals surface area contributed by atoms with Crippen LogP contribution >= 0.6 is 15.9 Å². The Kier molecular flexibility index (Phi) is 6.27. The van der Waals surface area contributed by atoms with Gasteiger partial charge in [0, 0.05) is 5.33 Å². The lowest BCUT2D eigenvalue weighted by Crippen LogP contribution is -2.07. The summed E-state index contributed by atoms with van der Waals surface area (Å²) in [6.45, 7) is 4.37. The van der Waals surface area contributed by atoms with Crippen molar-refractivity contribution in [2.45, 2.75) is 33.1 Å².